The molecular weight excluding hydrogens is 615 g/mol. The van der Waals surface area contributed by atoms with Gasteiger partial charge in [0.1, 0.15) is 0 Å². The highest BCUT2D eigenvalue weighted by Crippen LogP contribution is 2.50. The molecule has 1 aliphatic rings. The van der Waals surface area contributed by atoms with Crippen LogP contribution in [0.5, 0.6) is 0 Å². The van der Waals surface area contributed by atoms with Crippen molar-refractivity contribution in [2.45, 2.75) is 38.5 Å². The summed E-state index contributed by atoms with van der Waals surface area (Å²) in [6.45, 7) is 9.36. The van der Waals surface area contributed by atoms with E-state index in [4.69, 9.17) is 0 Å². The summed E-state index contributed by atoms with van der Waals surface area (Å²) in [5.74, 6) is 0. The fourth-order valence-electron chi connectivity index (χ4n) is 8.32. The molecule has 0 unspecified atom stereocenters. The van der Waals surface area contributed by atoms with Gasteiger partial charge in [0.2, 0.25) is 0 Å². The van der Waals surface area contributed by atoms with Gasteiger partial charge in [-0.3, -0.25) is 0 Å². The van der Waals surface area contributed by atoms with Gasteiger partial charge >= 0.3 is 0 Å². The first-order valence-corrected chi connectivity index (χ1v) is 18.0. The van der Waals surface area contributed by atoms with Gasteiger partial charge in [0.25, 0.3) is 0 Å². The highest BCUT2D eigenvalue weighted by atomic mass is 15.1. The maximum atomic E-state index is 2.46. The van der Waals surface area contributed by atoms with Crippen molar-refractivity contribution < 1.29 is 0 Å². The van der Waals surface area contributed by atoms with Crippen LogP contribution >= 0.6 is 0 Å². The summed E-state index contributed by atoms with van der Waals surface area (Å²) in [6.07, 6.45) is 0. The van der Waals surface area contributed by atoms with Crippen molar-refractivity contribution in [2.75, 3.05) is 4.90 Å². The van der Waals surface area contributed by atoms with E-state index < -0.39 is 0 Å². The van der Waals surface area contributed by atoms with Gasteiger partial charge in [0, 0.05) is 27.9 Å². The van der Waals surface area contributed by atoms with E-state index in [-0.39, 0.29) is 10.8 Å². The van der Waals surface area contributed by atoms with Crippen LogP contribution < -0.4 is 4.90 Å². The van der Waals surface area contributed by atoms with Crippen LogP contribution in [0.2, 0.25) is 0 Å². The molecule has 0 atom stereocenters. The Morgan fingerprint density at radius 1 is 0.412 bits per heavy atom. The van der Waals surface area contributed by atoms with Crippen LogP contribution in [0.15, 0.2) is 176 Å². The van der Waals surface area contributed by atoms with Gasteiger partial charge in [0.05, 0.1) is 0 Å². The van der Waals surface area contributed by atoms with Crippen molar-refractivity contribution >= 4 is 38.6 Å². The molecule has 1 nitrogen and oxygen atoms in total. The molecule has 0 aromatic heterocycles. The summed E-state index contributed by atoms with van der Waals surface area (Å²) < 4.78 is 0. The van der Waals surface area contributed by atoms with Gasteiger partial charge in [-0.05, 0) is 115 Å². The Balaban J connectivity index is 1.19. The average molecular weight is 656 g/mol. The number of benzene rings is 8. The van der Waals surface area contributed by atoms with E-state index in [1.54, 1.807) is 0 Å². The van der Waals surface area contributed by atoms with Gasteiger partial charge in [-0.15, -0.1) is 0 Å². The third kappa shape index (κ3) is 5.15. The van der Waals surface area contributed by atoms with Crippen LogP contribution in [0.3, 0.4) is 0 Å². The van der Waals surface area contributed by atoms with E-state index in [9.17, 15) is 0 Å². The topological polar surface area (TPSA) is 3.24 Å². The normalized spacial score (nSPS) is 13.3. The molecule has 8 aromatic rings. The van der Waals surface area contributed by atoms with Gasteiger partial charge < -0.3 is 4.90 Å². The lowest BCUT2D eigenvalue weighted by atomic mass is 9.78. The molecule has 0 radical (unpaired) electrons. The fourth-order valence-corrected chi connectivity index (χ4v) is 8.32. The lowest BCUT2D eigenvalue weighted by Crippen LogP contribution is -2.19. The van der Waals surface area contributed by atoms with E-state index in [1.165, 1.54) is 66.1 Å². The molecule has 51 heavy (non-hydrogen) atoms. The molecule has 0 saturated carbocycles. The van der Waals surface area contributed by atoms with Crippen LogP contribution in [0.4, 0.5) is 17.1 Å². The van der Waals surface area contributed by atoms with Crippen molar-refractivity contribution in [3.63, 3.8) is 0 Å². The van der Waals surface area contributed by atoms with Gasteiger partial charge in [-0.1, -0.05) is 155 Å². The molecule has 0 N–H and O–H groups in total. The Kier molecular flexibility index (Phi) is 7.22. The van der Waals surface area contributed by atoms with Gasteiger partial charge in [-0.2, -0.15) is 0 Å². The number of rotatable bonds is 6. The third-order valence-electron chi connectivity index (χ3n) is 11.3. The predicted molar refractivity (Wildman–Crippen MR) is 218 cm³/mol. The third-order valence-corrected chi connectivity index (χ3v) is 11.3. The van der Waals surface area contributed by atoms with E-state index in [1.807, 2.05) is 0 Å². The SMILES string of the molecule is CC(C)(c1ccccc1)c1cccc(N(c2ccc(-c3ccccc3)cc2)c2ccc3c(ccc4cc5c(cc43)C(C)(C)c3ccccc3-5)c2)c1. The highest BCUT2D eigenvalue weighted by molar-refractivity contribution is 6.10. The largest absolute Gasteiger partial charge is 0.310 e. The first kappa shape index (κ1) is 31.1. The standard InChI is InChI=1S/C50H41N/c1-49(2,38-16-9-6-10-17-38)39-18-13-19-41(32-39)51(40-26-24-35(25-27-40)34-14-7-5-8-15-34)42-28-29-43-36(30-42)22-23-37-31-46-44-20-11-12-21-47(44)50(3,4)48(46)33-45(37)43/h5-33H,1-4H3. The molecule has 9 rings (SSSR count). The maximum Gasteiger partial charge on any atom is 0.0468 e. The first-order chi connectivity index (χ1) is 24.8. The summed E-state index contributed by atoms with van der Waals surface area (Å²) in [4.78, 5) is 2.41. The van der Waals surface area contributed by atoms with Crippen LogP contribution in [0.25, 0.3) is 43.8 Å². The average Bonchev–Trinajstić information content (AvgIpc) is 3.40. The van der Waals surface area contributed by atoms with E-state index in [0.29, 0.717) is 0 Å². The quantitative estimate of drug-likeness (QED) is 0.161. The number of hydrogen-bond donors (Lipinski definition) is 0. The smallest absolute Gasteiger partial charge is 0.0468 e. The summed E-state index contributed by atoms with van der Waals surface area (Å²) in [6, 6.07) is 64.9. The second-order valence-electron chi connectivity index (χ2n) is 15.1. The van der Waals surface area contributed by atoms with Crippen molar-refractivity contribution in [3.05, 3.63) is 198 Å². The molecule has 0 heterocycles. The van der Waals surface area contributed by atoms with Crippen molar-refractivity contribution in [1.29, 1.82) is 0 Å². The minimum atomic E-state index is -0.157. The Bertz CT molecular complexity index is 2560. The number of fused-ring (bicyclic) bond motifs is 6. The summed E-state index contributed by atoms with van der Waals surface area (Å²) in [7, 11) is 0. The second kappa shape index (κ2) is 11.9. The fraction of sp³-hybridized carbons (Fsp3) is 0.120. The number of anilines is 3. The molecule has 8 aromatic carbocycles. The molecule has 1 heteroatoms. The summed E-state index contributed by atoms with van der Waals surface area (Å²) in [5.41, 5.74) is 13.8. The molecule has 0 fully saturated rings. The Morgan fingerprint density at radius 2 is 1.02 bits per heavy atom. The zero-order valence-electron chi connectivity index (χ0n) is 29.7. The molecule has 0 amide bonds. The predicted octanol–water partition coefficient (Wildman–Crippen LogP) is 13.8. The summed E-state index contributed by atoms with van der Waals surface area (Å²) >= 11 is 0. The van der Waals surface area contributed by atoms with Crippen molar-refractivity contribution in [2.24, 2.45) is 0 Å². The second-order valence-corrected chi connectivity index (χ2v) is 15.1. The molecule has 0 aliphatic heterocycles. The van der Waals surface area contributed by atoms with Gasteiger partial charge in [-0.25, -0.2) is 0 Å². The minimum Gasteiger partial charge on any atom is -0.310 e. The Morgan fingerprint density at radius 3 is 1.78 bits per heavy atom. The van der Waals surface area contributed by atoms with Crippen LogP contribution in [-0.2, 0) is 10.8 Å². The maximum absolute atomic E-state index is 2.46. The van der Waals surface area contributed by atoms with Crippen LogP contribution in [0, 0.1) is 0 Å². The number of nitrogens with zero attached hydrogens (tertiary/aromatic N) is 1. The van der Waals surface area contributed by atoms with Crippen LogP contribution in [-0.4, -0.2) is 0 Å². The Labute approximate surface area is 301 Å². The lowest BCUT2D eigenvalue weighted by Gasteiger charge is -2.30. The van der Waals surface area contributed by atoms with E-state index >= 15 is 0 Å². The first-order valence-electron chi connectivity index (χ1n) is 18.0. The molecule has 0 saturated heterocycles. The van der Waals surface area contributed by atoms with E-state index in [0.717, 1.165) is 17.1 Å². The van der Waals surface area contributed by atoms with Gasteiger partial charge in [0.15, 0.2) is 0 Å². The number of hydrogen-bond acceptors (Lipinski definition) is 1. The summed E-state index contributed by atoms with van der Waals surface area (Å²) in [5, 5.41) is 5.11. The molecule has 0 spiro atoms. The van der Waals surface area contributed by atoms with Crippen molar-refractivity contribution in [1.82, 2.24) is 0 Å². The monoisotopic (exact) mass is 655 g/mol. The van der Waals surface area contributed by atoms with E-state index in [2.05, 4.69) is 209 Å². The zero-order chi connectivity index (χ0) is 34.7. The van der Waals surface area contributed by atoms with Crippen LogP contribution in [0.1, 0.15) is 49.9 Å². The molecule has 0 bridgehead atoms. The highest BCUT2D eigenvalue weighted by Gasteiger charge is 2.35. The minimum absolute atomic E-state index is 0.0382. The lowest BCUT2D eigenvalue weighted by molar-refractivity contribution is 0.641. The Hall–Kier alpha value is -5.92. The zero-order valence-corrected chi connectivity index (χ0v) is 29.7. The molecule has 1 aliphatic carbocycles. The molecule has 246 valence electrons. The molecular formula is C50H41N. The van der Waals surface area contributed by atoms with Crippen molar-refractivity contribution in [3.8, 4) is 22.3 Å².